The van der Waals surface area contributed by atoms with E-state index in [0.717, 1.165) is 39.1 Å². The summed E-state index contributed by atoms with van der Waals surface area (Å²) in [6, 6.07) is 56.7. The minimum absolute atomic E-state index is 0.0697. The molecule has 1 aromatic heterocycles. The third-order valence-electron chi connectivity index (χ3n) is 10.6. The van der Waals surface area contributed by atoms with Gasteiger partial charge in [0.15, 0.2) is 0 Å². The van der Waals surface area contributed by atoms with E-state index in [0.29, 0.717) is 0 Å². The van der Waals surface area contributed by atoms with Crippen LogP contribution in [0.5, 0.6) is 0 Å². The standard InChI is InChI=1S/C47H32N2/c1-47(2)39-20-12-11-19-37(39)43-38-25-22-33-27-31(21-24-34(33)42(38)35-17-9-10-18-36(35)44(43)47)32-23-26-40-41(28-32)49-46(30-15-7-4-8-16-30)45(48-40)29-13-5-3-6-14-29/h3-28H,1-2H3. The van der Waals surface area contributed by atoms with Crippen molar-refractivity contribution >= 4 is 43.4 Å². The lowest BCUT2D eigenvalue weighted by Gasteiger charge is -2.24. The van der Waals surface area contributed by atoms with Gasteiger partial charge in [-0.25, -0.2) is 9.97 Å². The molecule has 0 N–H and O–H groups in total. The fraction of sp³-hybridized carbons (Fsp3) is 0.0638. The van der Waals surface area contributed by atoms with Crippen molar-refractivity contribution in [3.8, 4) is 44.8 Å². The highest BCUT2D eigenvalue weighted by molar-refractivity contribution is 6.26. The Kier molecular flexibility index (Phi) is 5.95. The minimum atomic E-state index is -0.0697. The van der Waals surface area contributed by atoms with E-state index >= 15 is 0 Å². The van der Waals surface area contributed by atoms with Gasteiger partial charge in [-0.05, 0) is 83.9 Å². The quantitative estimate of drug-likeness (QED) is 0.183. The van der Waals surface area contributed by atoms with Crippen LogP contribution in [-0.4, -0.2) is 9.97 Å². The Bertz CT molecular complexity index is 2780. The zero-order chi connectivity index (χ0) is 32.7. The van der Waals surface area contributed by atoms with E-state index in [2.05, 4.69) is 159 Å². The minimum Gasteiger partial charge on any atom is -0.244 e. The molecule has 0 atom stereocenters. The number of hydrogen-bond donors (Lipinski definition) is 0. The molecule has 2 heteroatoms. The summed E-state index contributed by atoms with van der Waals surface area (Å²) < 4.78 is 0. The van der Waals surface area contributed by atoms with Crippen molar-refractivity contribution in [3.63, 3.8) is 0 Å². The largest absolute Gasteiger partial charge is 0.244 e. The van der Waals surface area contributed by atoms with E-state index in [4.69, 9.17) is 9.97 Å². The van der Waals surface area contributed by atoms with E-state index in [9.17, 15) is 0 Å². The predicted molar refractivity (Wildman–Crippen MR) is 206 cm³/mol. The third kappa shape index (κ3) is 4.14. The number of fused-ring (bicyclic) bond motifs is 11. The first-order valence-electron chi connectivity index (χ1n) is 17.0. The van der Waals surface area contributed by atoms with E-state index in [1.807, 2.05) is 12.1 Å². The van der Waals surface area contributed by atoms with Crippen LogP contribution in [0.2, 0.25) is 0 Å². The molecule has 0 bridgehead atoms. The fourth-order valence-electron chi connectivity index (χ4n) is 8.33. The lowest BCUT2D eigenvalue weighted by molar-refractivity contribution is 0.666. The van der Waals surface area contributed by atoms with Crippen LogP contribution in [0.1, 0.15) is 25.0 Å². The molecule has 1 aliphatic carbocycles. The van der Waals surface area contributed by atoms with Gasteiger partial charge in [-0.15, -0.1) is 0 Å². The maximum absolute atomic E-state index is 5.25. The first-order chi connectivity index (χ1) is 24.1. The summed E-state index contributed by atoms with van der Waals surface area (Å²) in [6.07, 6.45) is 0. The summed E-state index contributed by atoms with van der Waals surface area (Å²) in [6.45, 7) is 4.75. The summed E-state index contributed by atoms with van der Waals surface area (Å²) in [7, 11) is 0. The van der Waals surface area contributed by atoms with Gasteiger partial charge in [0.2, 0.25) is 0 Å². The topological polar surface area (TPSA) is 25.8 Å². The van der Waals surface area contributed by atoms with Crippen LogP contribution in [0.25, 0.3) is 88.1 Å². The smallest absolute Gasteiger partial charge is 0.0973 e. The Morgan fingerprint density at radius 2 is 1.02 bits per heavy atom. The second-order valence-electron chi connectivity index (χ2n) is 13.7. The molecule has 0 unspecified atom stereocenters. The third-order valence-corrected chi connectivity index (χ3v) is 10.6. The van der Waals surface area contributed by atoms with Crippen molar-refractivity contribution < 1.29 is 0 Å². The molecule has 0 fully saturated rings. The molecule has 0 spiro atoms. The lowest BCUT2D eigenvalue weighted by atomic mass is 9.79. The van der Waals surface area contributed by atoms with Crippen molar-refractivity contribution in [1.29, 1.82) is 0 Å². The summed E-state index contributed by atoms with van der Waals surface area (Å²) in [5.74, 6) is 0. The molecule has 0 saturated carbocycles. The zero-order valence-electron chi connectivity index (χ0n) is 27.4. The van der Waals surface area contributed by atoms with Crippen molar-refractivity contribution in [2.45, 2.75) is 19.3 Å². The summed E-state index contributed by atoms with van der Waals surface area (Å²) in [4.78, 5) is 10.4. The van der Waals surface area contributed by atoms with E-state index in [1.54, 1.807) is 0 Å². The van der Waals surface area contributed by atoms with Crippen LogP contribution < -0.4 is 0 Å². The monoisotopic (exact) mass is 624 g/mol. The van der Waals surface area contributed by atoms with Gasteiger partial charge < -0.3 is 0 Å². The Morgan fingerprint density at radius 3 is 1.78 bits per heavy atom. The number of benzene rings is 8. The second kappa shape index (κ2) is 10.4. The van der Waals surface area contributed by atoms with Crippen LogP contribution in [0.15, 0.2) is 158 Å². The van der Waals surface area contributed by atoms with Gasteiger partial charge in [0.25, 0.3) is 0 Å². The number of rotatable bonds is 3. The van der Waals surface area contributed by atoms with Gasteiger partial charge in [0, 0.05) is 16.5 Å². The lowest BCUT2D eigenvalue weighted by Crippen LogP contribution is -2.15. The van der Waals surface area contributed by atoms with Gasteiger partial charge >= 0.3 is 0 Å². The highest BCUT2D eigenvalue weighted by Crippen LogP contribution is 2.55. The Hall–Kier alpha value is -6.12. The average Bonchev–Trinajstić information content (AvgIpc) is 3.41. The number of nitrogens with zero attached hydrogens (tertiary/aromatic N) is 2. The molecule has 0 amide bonds. The molecule has 10 rings (SSSR count). The Balaban J connectivity index is 1.17. The first-order valence-corrected chi connectivity index (χ1v) is 17.0. The molecule has 1 aliphatic rings. The van der Waals surface area contributed by atoms with E-state index in [-0.39, 0.29) is 5.41 Å². The summed E-state index contributed by atoms with van der Waals surface area (Å²) >= 11 is 0. The number of hydrogen-bond acceptors (Lipinski definition) is 2. The molecular formula is C47H32N2. The normalized spacial score (nSPS) is 13.3. The highest BCUT2D eigenvalue weighted by atomic mass is 14.8. The van der Waals surface area contributed by atoms with Crippen LogP contribution in [0.4, 0.5) is 0 Å². The summed E-state index contributed by atoms with van der Waals surface area (Å²) in [5.41, 5.74) is 13.5. The van der Waals surface area contributed by atoms with Gasteiger partial charge in [-0.2, -0.15) is 0 Å². The van der Waals surface area contributed by atoms with Crippen molar-refractivity contribution in [2.24, 2.45) is 0 Å². The molecular weight excluding hydrogens is 593 g/mol. The van der Waals surface area contributed by atoms with Gasteiger partial charge in [-0.3, -0.25) is 0 Å². The van der Waals surface area contributed by atoms with Crippen molar-refractivity contribution in [3.05, 3.63) is 169 Å². The first kappa shape index (κ1) is 27.9. The number of aromatic nitrogens is 2. The molecule has 2 nitrogen and oxygen atoms in total. The molecule has 49 heavy (non-hydrogen) atoms. The SMILES string of the molecule is CC1(C)c2ccccc2-c2c1c1ccccc1c1c2ccc2cc(-c3ccc4nc(-c5ccccc5)c(-c5ccccc5)nc4c3)ccc21. The van der Waals surface area contributed by atoms with Gasteiger partial charge in [0.1, 0.15) is 0 Å². The van der Waals surface area contributed by atoms with Crippen LogP contribution in [0.3, 0.4) is 0 Å². The second-order valence-corrected chi connectivity index (χ2v) is 13.7. The zero-order valence-corrected chi connectivity index (χ0v) is 27.4. The molecule has 0 radical (unpaired) electrons. The summed E-state index contributed by atoms with van der Waals surface area (Å²) in [5, 5.41) is 7.84. The Labute approximate surface area is 285 Å². The van der Waals surface area contributed by atoms with Crippen molar-refractivity contribution in [1.82, 2.24) is 9.97 Å². The molecule has 8 aromatic carbocycles. The van der Waals surface area contributed by atoms with Gasteiger partial charge in [0.05, 0.1) is 22.4 Å². The average molecular weight is 625 g/mol. The predicted octanol–water partition coefficient (Wildman–Crippen LogP) is 12.4. The molecule has 0 aliphatic heterocycles. The van der Waals surface area contributed by atoms with E-state index in [1.165, 1.54) is 60.1 Å². The molecule has 9 aromatic rings. The fourth-order valence-corrected chi connectivity index (χ4v) is 8.33. The molecule has 230 valence electrons. The van der Waals surface area contributed by atoms with Gasteiger partial charge in [-0.1, -0.05) is 153 Å². The maximum atomic E-state index is 5.25. The van der Waals surface area contributed by atoms with E-state index < -0.39 is 0 Å². The van der Waals surface area contributed by atoms with Crippen LogP contribution in [0, 0.1) is 0 Å². The highest BCUT2D eigenvalue weighted by Gasteiger charge is 2.38. The molecule has 1 heterocycles. The maximum Gasteiger partial charge on any atom is 0.0973 e. The van der Waals surface area contributed by atoms with Crippen molar-refractivity contribution in [2.75, 3.05) is 0 Å². The molecule has 0 saturated heterocycles. The van der Waals surface area contributed by atoms with Crippen LogP contribution in [-0.2, 0) is 5.41 Å². The Morgan fingerprint density at radius 1 is 0.429 bits per heavy atom. The van der Waals surface area contributed by atoms with Crippen LogP contribution >= 0.6 is 0 Å².